The zero-order valence-electron chi connectivity index (χ0n) is 11.5. The molecule has 1 aliphatic rings. The summed E-state index contributed by atoms with van der Waals surface area (Å²) in [6, 6.07) is 7.83. The lowest BCUT2D eigenvalue weighted by molar-refractivity contribution is 0.416. The fourth-order valence-electron chi connectivity index (χ4n) is 2.17. The van der Waals surface area contributed by atoms with Crippen LogP contribution in [0, 0.1) is 6.92 Å². The van der Waals surface area contributed by atoms with Gasteiger partial charge in [-0.2, -0.15) is 0 Å². The summed E-state index contributed by atoms with van der Waals surface area (Å²) < 4.78 is 6.41. The molecule has 20 heavy (non-hydrogen) atoms. The zero-order valence-corrected chi connectivity index (χ0v) is 13.1. The summed E-state index contributed by atoms with van der Waals surface area (Å²) in [5, 5.41) is 0. The van der Waals surface area contributed by atoms with Gasteiger partial charge in [-0.1, -0.05) is 15.9 Å². The van der Waals surface area contributed by atoms with Crippen molar-refractivity contribution in [3.63, 3.8) is 0 Å². The first-order chi connectivity index (χ1) is 9.51. The van der Waals surface area contributed by atoms with Crippen LogP contribution in [0.2, 0.25) is 0 Å². The number of nitrogens with two attached hydrogens (primary N) is 1. The Kier molecular flexibility index (Phi) is 3.26. The van der Waals surface area contributed by atoms with Crippen molar-refractivity contribution >= 4 is 15.9 Å². The number of benzene rings is 1. The molecule has 104 valence electrons. The second-order valence-corrected chi connectivity index (χ2v) is 6.13. The summed E-state index contributed by atoms with van der Waals surface area (Å²) in [5.41, 5.74) is 8.60. The minimum Gasteiger partial charge on any atom is -0.496 e. The fourth-order valence-corrected chi connectivity index (χ4v) is 2.53. The predicted molar refractivity (Wildman–Crippen MR) is 81.6 cm³/mol. The van der Waals surface area contributed by atoms with Crippen molar-refractivity contribution in [1.29, 1.82) is 0 Å². The first-order valence-corrected chi connectivity index (χ1v) is 7.30. The standard InChI is InChI=1S/C15H16BrN3O/c1-9-7-12(19-14(18-9)15(17)5-6-15)11-8-10(16)3-4-13(11)20-2/h3-4,7-8H,5-6,17H2,1-2H3. The van der Waals surface area contributed by atoms with E-state index in [1.807, 2.05) is 31.2 Å². The van der Waals surface area contributed by atoms with Crippen molar-refractivity contribution in [2.45, 2.75) is 25.3 Å². The molecule has 1 fully saturated rings. The lowest BCUT2D eigenvalue weighted by atomic mass is 10.1. The van der Waals surface area contributed by atoms with E-state index in [2.05, 4.69) is 25.9 Å². The summed E-state index contributed by atoms with van der Waals surface area (Å²) in [7, 11) is 1.66. The molecule has 1 aromatic carbocycles. The van der Waals surface area contributed by atoms with Crippen molar-refractivity contribution in [3.05, 3.63) is 40.3 Å². The van der Waals surface area contributed by atoms with Gasteiger partial charge in [0.25, 0.3) is 0 Å². The van der Waals surface area contributed by atoms with Crippen LogP contribution < -0.4 is 10.5 Å². The Bertz CT molecular complexity index is 668. The highest BCUT2D eigenvalue weighted by Crippen LogP contribution is 2.42. The van der Waals surface area contributed by atoms with Gasteiger partial charge in [0.2, 0.25) is 0 Å². The lowest BCUT2D eigenvalue weighted by Gasteiger charge is -2.13. The van der Waals surface area contributed by atoms with Gasteiger partial charge in [0, 0.05) is 15.7 Å². The number of aromatic nitrogens is 2. The summed E-state index contributed by atoms with van der Waals surface area (Å²) >= 11 is 3.49. The minimum atomic E-state index is -0.333. The molecule has 1 heterocycles. The summed E-state index contributed by atoms with van der Waals surface area (Å²) in [6.45, 7) is 1.96. The van der Waals surface area contributed by atoms with Gasteiger partial charge in [0.15, 0.2) is 0 Å². The van der Waals surface area contributed by atoms with Gasteiger partial charge in [-0.25, -0.2) is 9.97 Å². The second-order valence-electron chi connectivity index (χ2n) is 5.22. The molecular formula is C15H16BrN3O. The Balaban J connectivity index is 2.14. The Hall–Kier alpha value is -1.46. The Morgan fingerprint density at radius 2 is 2.00 bits per heavy atom. The number of nitrogens with zero attached hydrogens (tertiary/aromatic N) is 2. The molecule has 0 atom stereocenters. The highest BCUT2D eigenvalue weighted by atomic mass is 79.9. The molecule has 4 nitrogen and oxygen atoms in total. The van der Waals surface area contributed by atoms with E-state index >= 15 is 0 Å². The monoisotopic (exact) mass is 333 g/mol. The SMILES string of the molecule is COc1ccc(Br)cc1-c1cc(C)nc(C2(N)CC2)n1. The van der Waals surface area contributed by atoms with Crippen LogP contribution in [0.3, 0.4) is 0 Å². The molecule has 1 aliphatic carbocycles. The number of halogens is 1. The molecule has 0 saturated heterocycles. The molecule has 0 radical (unpaired) electrons. The molecule has 1 aromatic heterocycles. The first-order valence-electron chi connectivity index (χ1n) is 6.51. The van der Waals surface area contributed by atoms with Crippen LogP contribution in [0.4, 0.5) is 0 Å². The molecule has 0 bridgehead atoms. The highest BCUT2D eigenvalue weighted by molar-refractivity contribution is 9.10. The van der Waals surface area contributed by atoms with Crippen LogP contribution in [0.5, 0.6) is 5.75 Å². The number of hydrogen-bond donors (Lipinski definition) is 1. The van der Waals surface area contributed by atoms with Gasteiger partial charge < -0.3 is 10.5 Å². The molecule has 2 aromatic rings. The van der Waals surface area contributed by atoms with E-state index in [-0.39, 0.29) is 5.54 Å². The zero-order chi connectivity index (χ0) is 14.3. The molecule has 0 amide bonds. The van der Waals surface area contributed by atoms with E-state index in [0.29, 0.717) is 0 Å². The average molecular weight is 334 g/mol. The van der Waals surface area contributed by atoms with E-state index in [9.17, 15) is 0 Å². The van der Waals surface area contributed by atoms with E-state index in [1.54, 1.807) is 7.11 Å². The number of hydrogen-bond acceptors (Lipinski definition) is 4. The van der Waals surface area contributed by atoms with E-state index < -0.39 is 0 Å². The third-order valence-corrected chi connectivity index (χ3v) is 4.02. The van der Waals surface area contributed by atoms with Gasteiger partial charge in [-0.15, -0.1) is 0 Å². The van der Waals surface area contributed by atoms with Crippen molar-refractivity contribution in [2.24, 2.45) is 5.73 Å². The highest BCUT2D eigenvalue weighted by Gasteiger charge is 2.43. The topological polar surface area (TPSA) is 61.0 Å². The summed E-state index contributed by atoms with van der Waals surface area (Å²) in [5.74, 6) is 1.52. The van der Waals surface area contributed by atoms with Crippen molar-refractivity contribution in [2.75, 3.05) is 7.11 Å². The van der Waals surface area contributed by atoms with Gasteiger partial charge in [-0.3, -0.25) is 0 Å². The predicted octanol–water partition coefficient (Wildman–Crippen LogP) is 3.17. The van der Waals surface area contributed by atoms with Crippen molar-refractivity contribution < 1.29 is 4.74 Å². The van der Waals surface area contributed by atoms with Crippen LogP contribution in [-0.4, -0.2) is 17.1 Å². The number of rotatable bonds is 3. The third kappa shape index (κ3) is 2.43. The molecule has 0 aliphatic heterocycles. The molecular weight excluding hydrogens is 318 g/mol. The van der Waals surface area contributed by atoms with Crippen molar-refractivity contribution in [1.82, 2.24) is 9.97 Å². The van der Waals surface area contributed by atoms with Crippen LogP contribution in [0.25, 0.3) is 11.3 Å². The second kappa shape index (κ2) is 4.82. The molecule has 0 unspecified atom stereocenters. The van der Waals surface area contributed by atoms with Gasteiger partial charge in [0.05, 0.1) is 18.3 Å². The number of aryl methyl sites for hydroxylation is 1. The van der Waals surface area contributed by atoms with E-state index in [0.717, 1.165) is 45.8 Å². The molecule has 0 spiro atoms. The molecule has 1 saturated carbocycles. The minimum absolute atomic E-state index is 0.333. The van der Waals surface area contributed by atoms with Gasteiger partial charge in [-0.05, 0) is 44.0 Å². The molecule has 5 heteroatoms. The molecule has 3 rings (SSSR count). The Morgan fingerprint density at radius 1 is 1.25 bits per heavy atom. The van der Waals surface area contributed by atoms with Gasteiger partial charge >= 0.3 is 0 Å². The maximum Gasteiger partial charge on any atom is 0.149 e. The third-order valence-electron chi connectivity index (χ3n) is 3.53. The average Bonchev–Trinajstić information content (AvgIpc) is 3.17. The van der Waals surface area contributed by atoms with Gasteiger partial charge in [0.1, 0.15) is 11.6 Å². The fraction of sp³-hybridized carbons (Fsp3) is 0.333. The first kappa shape index (κ1) is 13.5. The van der Waals surface area contributed by atoms with Crippen LogP contribution in [-0.2, 0) is 5.54 Å². The van der Waals surface area contributed by atoms with Crippen molar-refractivity contribution in [3.8, 4) is 17.0 Å². The number of methoxy groups -OCH3 is 1. The van der Waals surface area contributed by atoms with Crippen LogP contribution in [0.15, 0.2) is 28.7 Å². The van der Waals surface area contributed by atoms with Crippen LogP contribution in [0.1, 0.15) is 24.4 Å². The maximum atomic E-state index is 6.22. The van der Waals surface area contributed by atoms with E-state index in [4.69, 9.17) is 10.5 Å². The number of ether oxygens (including phenoxy) is 1. The lowest BCUT2D eigenvalue weighted by Crippen LogP contribution is -2.22. The summed E-state index contributed by atoms with van der Waals surface area (Å²) in [6.07, 6.45) is 1.90. The smallest absolute Gasteiger partial charge is 0.149 e. The maximum absolute atomic E-state index is 6.22. The van der Waals surface area contributed by atoms with E-state index in [1.165, 1.54) is 0 Å². The normalized spacial score (nSPS) is 16.0. The Labute approximate surface area is 126 Å². The largest absolute Gasteiger partial charge is 0.496 e. The van der Waals surface area contributed by atoms with Crippen LogP contribution >= 0.6 is 15.9 Å². The quantitative estimate of drug-likeness (QED) is 0.937. The summed E-state index contributed by atoms with van der Waals surface area (Å²) in [4.78, 5) is 9.13. The molecule has 2 N–H and O–H groups in total. The Morgan fingerprint density at radius 3 is 2.65 bits per heavy atom.